The van der Waals surface area contributed by atoms with E-state index in [9.17, 15) is 0 Å². The van der Waals surface area contributed by atoms with Gasteiger partial charge in [-0.05, 0) is 12.8 Å². The molecule has 0 aliphatic carbocycles. The Bertz CT molecular complexity index is 273. The number of ether oxygens (including phenoxy) is 1. The zero-order valence-corrected chi connectivity index (χ0v) is 13.6. The van der Waals surface area contributed by atoms with E-state index in [1.165, 1.54) is 12.8 Å². The number of rotatable bonds is 7. The minimum absolute atomic E-state index is 0.560. The van der Waals surface area contributed by atoms with Crippen LogP contribution in [0.15, 0.2) is 4.99 Å². The highest BCUT2D eigenvalue weighted by molar-refractivity contribution is 5.79. The van der Waals surface area contributed by atoms with Crippen LogP contribution in [0.2, 0.25) is 0 Å². The van der Waals surface area contributed by atoms with E-state index >= 15 is 0 Å². The van der Waals surface area contributed by atoms with Crippen LogP contribution < -0.4 is 10.6 Å². The lowest BCUT2D eigenvalue weighted by Crippen LogP contribution is -2.53. The van der Waals surface area contributed by atoms with E-state index in [1.54, 1.807) is 0 Å². The molecule has 1 saturated heterocycles. The van der Waals surface area contributed by atoms with Crippen LogP contribution in [-0.4, -0.2) is 63.3 Å². The maximum Gasteiger partial charge on any atom is 0.191 e. The van der Waals surface area contributed by atoms with Gasteiger partial charge in [0.2, 0.25) is 0 Å². The van der Waals surface area contributed by atoms with Crippen LogP contribution in [0, 0.1) is 5.92 Å². The maximum absolute atomic E-state index is 5.48. The van der Waals surface area contributed by atoms with Gasteiger partial charge < -0.3 is 15.4 Å². The van der Waals surface area contributed by atoms with Gasteiger partial charge in [0.05, 0.1) is 13.2 Å². The number of morpholine rings is 1. The van der Waals surface area contributed by atoms with Crippen LogP contribution in [-0.2, 0) is 4.74 Å². The fraction of sp³-hybridized carbons (Fsp3) is 0.933. The molecule has 118 valence electrons. The van der Waals surface area contributed by atoms with Crippen LogP contribution in [0.25, 0.3) is 0 Å². The molecule has 0 amide bonds. The number of nitrogens with zero attached hydrogens (tertiary/aromatic N) is 2. The molecule has 1 rings (SSSR count). The van der Waals surface area contributed by atoms with Crippen molar-refractivity contribution in [1.29, 1.82) is 0 Å². The van der Waals surface area contributed by atoms with Crippen molar-refractivity contribution in [3.63, 3.8) is 0 Å². The second-order valence-electron chi connectivity index (χ2n) is 5.28. The molecule has 0 saturated carbocycles. The molecule has 1 fully saturated rings. The lowest BCUT2D eigenvalue weighted by Gasteiger charge is -2.39. The second-order valence-corrected chi connectivity index (χ2v) is 5.28. The van der Waals surface area contributed by atoms with Crippen molar-refractivity contribution in [3.8, 4) is 0 Å². The number of aliphatic imine (C=N–C) groups is 1. The Balaban J connectivity index is 2.61. The van der Waals surface area contributed by atoms with Gasteiger partial charge in [-0.1, -0.05) is 26.7 Å². The second kappa shape index (κ2) is 10.00. The summed E-state index contributed by atoms with van der Waals surface area (Å²) < 4.78 is 5.48. The summed E-state index contributed by atoms with van der Waals surface area (Å²) >= 11 is 0. The normalized spacial score (nSPS) is 19.1. The molecule has 1 atom stereocenters. The fourth-order valence-electron chi connectivity index (χ4n) is 2.93. The molecule has 0 bridgehead atoms. The summed E-state index contributed by atoms with van der Waals surface area (Å²) in [6, 6.07) is 0.560. The Morgan fingerprint density at radius 2 is 1.80 bits per heavy atom. The zero-order chi connectivity index (χ0) is 14.8. The number of nitrogens with one attached hydrogen (secondary N) is 2. The van der Waals surface area contributed by atoms with Crippen molar-refractivity contribution in [1.82, 2.24) is 15.5 Å². The van der Waals surface area contributed by atoms with Crippen molar-refractivity contribution >= 4 is 5.96 Å². The molecule has 0 aromatic carbocycles. The Kier molecular flexibility index (Phi) is 8.62. The fourth-order valence-corrected chi connectivity index (χ4v) is 2.93. The third-order valence-corrected chi connectivity index (χ3v) is 4.15. The van der Waals surface area contributed by atoms with Crippen LogP contribution in [0.1, 0.15) is 33.6 Å². The van der Waals surface area contributed by atoms with Gasteiger partial charge in [-0.2, -0.15) is 0 Å². The summed E-state index contributed by atoms with van der Waals surface area (Å²) in [5.41, 5.74) is 0. The first-order valence-corrected chi connectivity index (χ1v) is 8.03. The Morgan fingerprint density at radius 1 is 1.15 bits per heavy atom. The molecule has 0 aromatic heterocycles. The van der Waals surface area contributed by atoms with Crippen molar-refractivity contribution in [3.05, 3.63) is 0 Å². The molecule has 1 unspecified atom stereocenters. The van der Waals surface area contributed by atoms with Gasteiger partial charge in [0.1, 0.15) is 0 Å². The molecule has 20 heavy (non-hydrogen) atoms. The Hall–Kier alpha value is -0.810. The summed E-state index contributed by atoms with van der Waals surface area (Å²) in [5.74, 6) is 1.62. The van der Waals surface area contributed by atoms with Gasteiger partial charge in [-0.25, -0.2) is 0 Å². The molecule has 1 heterocycles. The smallest absolute Gasteiger partial charge is 0.191 e. The molecule has 0 aromatic rings. The first-order chi connectivity index (χ1) is 9.76. The molecule has 5 nitrogen and oxygen atoms in total. The van der Waals surface area contributed by atoms with E-state index in [1.807, 2.05) is 7.05 Å². The van der Waals surface area contributed by atoms with Crippen molar-refractivity contribution in [2.45, 2.75) is 39.7 Å². The topological polar surface area (TPSA) is 48.9 Å². The van der Waals surface area contributed by atoms with E-state index < -0.39 is 0 Å². The summed E-state index contributed by atoms with van der Waals surface area (Å²) in [6.07, 6.45) is 2.44. The quantitative estimate of drug-likeness (QED) is 0.547. The minimum Gasteiger partial charge on any atom is -0.379 e. The Morgan fingerprint density at radius 3 is 2.30 bits per heavy atom. The average molecular weight is 284 g/mol. The molecule has 2 N–H and O–H groups in total. The highest BCUT2D eigenvalue weighted by Gasteiger charge is 2.26. The average Bonchev–Trinajstić information content (AvgIpc) is 2.51. The van der Waals surface area contributed by atoms with Gasteiger partial charge in [0.15, 0.2) is 5.96 Å². The third kappa shape index (κ3) is 5.29. The van der Waals surface area contributed by atoms with E-state index in [0.717, 1.165) is 51.3 Å². The van der Waals surface area contributed by atoms with E-state index in [0.29, 0.717) is 6.04 Å². The first kappa shape index (κ1) is 17.2. The summed E-state index contributed by atoms with van der Waals surface area (Å²) in [7, 11) is 1.83. The highest BCUT2D eigenvalue weighted by Crippen LogP contribution is 2.19. The molecule has 1 aliphatic rings. The van der Waals surface area contributed by atoms with Crippen LogP contribution >= 0.6 is 0 Å². The van der Waals surface area contributed by atoms with Crippen LogP contribution in [0.3, 0.4) is 0 Å². The Labute approximate surface area is 124 Å². The maximum atomic E-state index is 5.48. The SMILES string of the molecule is CCNC(=NC)NCC(C(CC)CC)N1CCOCC1. The molecule has 1 aliphatic heterocycles. The van der Waals surface area contributed by atoms with Gasteiger partial charge in [0.25, 0.3) is 0 Å². The monoisotopic (exact) mass is 284 g/mol. The number of guanidine groups is 1. The third-order valence-electron chi connectivity index (χ3n) is 4.15. The first-order valence-electron chi connectivity index (χ1n) is 8.03. The number of hydrogen-bond acceptors (Lipinski definition) is 3. The highest BCUT2D eigenvalue weighted by atomic mass is 16.5. The zero-order valence-electron chi connectivity index (χ0n) is 13.6. The lowest BCUT2D eigenvalue weighted by molar-refractivity contribution is 0.00272. The summed E-state index contributed by atoms with van der Waals surface area (Å²) in [4.78, 5) is 6.83. The van der Waals surface area contributed by atoms with Crippen molar-refractivity contribution in [2.75, 3.05) is 46.4 Å². The lowest BCUT2D eigenvalue weighted by atomic mass is 9.92. The van der Waals surface area contributed by atoms with E-state index in [-0.39, 0.29) is 0 Å². The summed E-state index contributed by atoms with van der Waals surface area (Å²) in [5, 5.41) is 6.73. The van der Waals surface area contributed by atoms with E-state index in [2.05, 4.69) is 41.3 Å². The predicted molar refractivity (Wildman–Crippen MR) is 85.3 cm³/mol. The minimum atomic E-state index is 0.560. The molecular formula is C15H32N4O. The van der Waals surface area contributed by atoms with Crippen molar-refractivity contribution < 1.29 is 4.74 Å². The number of hydrogen-bond donors (Lipinski definition) is 2. The molecule has 5 heteroatoms. The van der Waals surface area contributed by atoms with Gasteiger partial charge in [0, 0.05) is 39.3 Å². The predicted octanol–water partition coefficient (Wildman–Crippen LogP) is 1.31. The molecule has 0 radical (unpaired) electrons. The van der Waals surface area contributed by atoms with Gasteiger partial charge >= 0.3 is 0 Å². The summed E-state index contributed by atoms with van der Waals surface area (Å²) in [6.45, 7) is 12.3. The van der Waals surface area contributed by atoms with Crippen LogP contribution in [0.5, 0.6) is 0 Å². The van der Waals surface area contributed by atoms with Gasteiger partial charge in [-0.15, -0.1) is 0 Å². The standard InChI is InChI=1S/C15H32N4O/c1-5-13(6-2)14(19-8-10-20-11-9-19)12-18-15(16-4)17-7-3/h13-14H,5-12H2,1-4H3,(H2,16,17,18). The molecule has 0 spiro atoms. The van der Waals surface area contributed by atoms with Crippen LogP contribution in [0.4, 0.5) is 0 Å². The molecular weight excluding hydrogens is 252 g/mol. The van der Waals surface area contributed by atoms with Crippen molar-refractivity contribution in [2.24, 2.45) is 10.9 Å². The van der Waals surface area contributed by atoms with E-state index in [4.69, 9.17) is 4.74 Å². The van der Waals surface area contributed by atoms with Gasteiger partial charge in [-0.3, -0.25) is 9.89 Å². The largest absolute Gasteiger partial charge is 0.379 e.